The van der Waals surface area contributed by atoms with Gasteiger partial charge in [-0.25, -0.2) is 0 Å². The molecule has 0 amide bonds. The van der Waals surface area contributed by atoms with E-state index < -0.39 is 11.7 Å². The number of piperidine rings is 6. The van der Waals surface area contributed by atoms with Crippen molar-refractivity contribution in [2.75, 3.05) is 26.2 Å². The van der Waals surface area contributed by atoms with E-state index in [4.69, 9.17) is 38.5 Å². The number of alkyl halides is 3. The summed E-state index contributed by atoms with van der Waals surface area (Å²) in [5.41, 5.74) is 6.92. The average Bonchev–Trinajstić information content (AvgIpc) is 3.76. The number of carbonyl (C=O) groups excluding carboxylic acids is 3. The number of Topliss-reactive ketones (excluding diaryl/α,β-unsaturated/α-hetero) is 1. The first-order valence-corrected chi connectivity index (χ1v) is 20.1. The molecule has 2 N–H and O–H groups in total. The Kier molecular flexibility index (Phi) is 14.3. The third-order valence-corrected chi connectivity index (χ3v) is 14.9. The summed E-state index contributed by atoms with van der Waals surface area (Å²) in [4.78, 5) is 35.3. The van der Waals surface area contributed by atoms with Crippen molar-refractivity contribution in [3.05, 3.63) is 67.8 Å². The molecule has 4 aromatic rings. The minimum atomic E-state index is -4.39. The van der Waals surface area contributed by atoms with Crippen LogP contribution in [-0.4, -0.2) is 65.0 Å². The highest BCUT2D eigenvalue weighted by atomic mass is 35.5. The molecule has 2 atom stereocenters. The van der Waals surface area contributed by atoms with Crippen LogP contribution in [0.15, 0.2) is 41.8 Å². The number of nitrogens with two attached hydrogens (primary N) is 1. The van der Waals surface area contributed by atoms with Crippen LogP contribution in [0.1, 0.15) is 80.6 Å². The lowest BCUT2D eigenvalue weighted by atomic mass is 9.65. The second kappa shape index (κ2) is 17.4. The molecule has 6 nitrogen and oxygen atoms in total. The maximum atomic E-state index is 13.0. The van der Waals surface area contributed by atoms with Gasteiger partial charge in [-0.1, -0.05) is 35.3 Å². The van der Waals surface area contributed by atoms with Crippen LogP contribution >= 0.6 is 58.3 Å². The Morgan fingerprint density at radius 2 is 1.40 bits per heavy atom. The van der Waals surface area contributed by atoms with Crippen LogP contribution in [0.2, 0.25) is 10.0 Å². The first kappa shape index (κ1) is 43.7. The van der Waals surface area contributed by atoms with Crippen molar-refractivity contribution in [1.29, 1.82) is 0 Å². The van der Waals surface area contributed by atoms with Gasteiger partial charge in [0.05, 0.1) is 15.5 Å². The van der Waals surface area contributed by atoms with Gasteiger partial charge in [0.1, 0.15) is 0 Å². The molecule has 0 radical (unpaired) electrons. The summed E-state index contributed by atoms with van der Waals surface area (Å²) in [5.74, 6) is 2.29. The van der Waals surface area contributed by atoms with Crippen molar-refractivity contribution in [2.24, 2.45) is 23.5 Å². The predicted molar refractivity (Wildman–Crippen MR) is 213 cm³/mol. The fraction of sp³-hybridized carbons (Fsp3) is 0.538. The van der Waals surface area contributed by atoms with Gasteiger partial charge in [-0.15, -0.1) is 35.1 Å². The Labute approximate surface area is 333 Å². The van der Waals surface area contributed by atoms with Gasteiger partial charge >= 0.3 is 12.3 Å². The molecule has 6 aliphatic rings. The zero-order chi connectivity index (χ0) is 38.2. The van der Waals surface area contributed by atoms with Crippen molar-refractivity contribution >= 4 is 90.4 Å². The zero-order valence-corrected chi connectivity index (χ0v) is 34.5. The van der Waals surface area contributed by atoms with E-state index in [1.165, 1.54) is 57.9 Å². The summed E-state index contributed by atoms with van der Waals surface area (Å²) in [6.45, 7) is 16.2. The van der Waals surface area contributed by atoms with Crippen molar-refractivity contribution in [3.63, 3.8) is 0 Å². The highest BCUT2D eigenvalue weighted by molar-refractivity contribution is 7.21. The number of hydrogen-bond acceptors (Lipinski definition) is 8. The zero-order valence-electron chi connectivity index (χ0n) is 30.5. The van der Waals surface area contributed by atoms with Crippen LogP contribution in [-0.2, 0) is 15.8 Å². The van der Waals surface area contributed by atoms with Crippen LogP contribution in [0.4, 0.5) is 13.2 Å². The largest absolute Gasteiger partial charge is 0.419 e. The lowest BCUT2D eigenvalue weighted by molar-refractivity contribution is -0.191. The highest BCUT2D eigenvalue weighted by Gasteiger charge is 2.48. The predicted octanol–water partition coefficient (Wildman–Crippen LogP) is 10.8. The van der Waals surface area contributed by atoms with Crippen LogP contribution in [0, 0.1) is 24.7 Å². The van der Waals surface area contributed by atoms with E-state index in [9.17, 15) is 18.0 Å². The van der Waals surface area contributed by atoms with E-state index in [-0.39, 0.29) is 39.4 Å². The molecule has 290 valence electrons. The Hall–Kier alpha value is -2.05. The molecular weight excluding hydrogens is 786 g/mol. The molecule has 8 heterocycles. The Morgan fingerprint density at radius 3 is 1.91 bits per heavy atom. The maximum absolute atomic E-state index is 13.0. The van der Waals surface area contributed by atoms with Gasteiger partial charge < -0.3 is 5.73 Å². The van der Waals surface area contributed by atoms with Gasteiger partial charge in [0.2, 0.25) is 0 Å². The van der Waals surface area contributed by atoms with E-state index >= 15 is 0 Å². The number of nitrogens with zero attached hydrogens (tertiary/aromatic N) is 2. The Morgan fingerprint density at radius 1 is 0.868 bits per heavy atom. The van der Waals surface area contributed by atoms with Crippen molar-refractivity contribution < 1.29 is 27.6 Å². The number of carbonyl (C=O) groups is 1. The minimum absolute atomic E-state index is 0. The van der Waals surface area contributed by atoms with Crippen molar-refractivity contribution in [3.8, 4) is 0 Å². The molecule has 6 saturated heterocycles. The molecule has 53 heavy (non-hydrogen) atoms. The van der Waals surface area contributed by atoms with Gasteiger partial charge in [0.25, 0.3) is 0 Å². The summed E-state index contributed by atoms with van der Waals surface area (Å²) < 4.78 is 39.1. The molecular formula is C39H47Cl3F3N3O3S2. The number of thiophene rings is 2. The van der Waals surface area contributed by atoms with E-state index in [0.29, 0.717) is 35.5 Å². The lowest BCUT2D eigenvalue weighted by Gasteiger charge is -2.56. The maximum Gasteiger partial charge on any atom is 0.419 e. The van der Waals surface area contributed by atoms with Crippen molar-refractivity contribution in [2.45, 2.75) is 90.0 Å². The first-order chi connectivity index (χ1) is 24.4. The monoisotopic (exact) mass is 831 g/mol. The smallest absolute Gasteiger partial charge is 0.326 e. The van der Waals surface area contributed by atoms with Crippen molar-refractivity contribution in [1.82, 2.24) is 9.80 Å². The molecule has 0 unspecified atom stereocenters. The molecule has 6 fully saturated rings. The van der Waals surface area contributed by atoms with Crippen LogP contribution in [0.25, 0.3) is 20.2 Å². The summed E-state index contributed by atoms with van der Waals surface area (Å²) in [6.07, 6.45) is 1.69. The summed E-state index contributed by atoms with van der Waals surface area (Å²) in [5, 5.41) is 3.87. The van der Waals surface area contributed by atoms with Crippen LogP contribution < -0.4 is 5.73 Å². The van der Waals surface area contributed by atoms with E-state index in [1.54, 1.807) is 28.8 Å². The van der Waals surface area contributed by atoms with E-state index in [0.717, 1.165) is 42.8 Å². The summed E-state index contributed by atoms with van der Waals surface area (Å²) >= 11 is 14.4. The van der Waals surface area contributed by atoms with E-state index in [1.807, 2.05) is 19.1 Å². The third kappa shape index (κ3) is 9.16. The van der Waals surface area contributed by atoms with Gasteiger partial charge in [-0.05, 0) is 150 Å². The first-order valence-electron chi connectivity index (χ1n) is 17.6. The SMILES string of the molecule is CC1(C)[C@H](N)C2CCN1CC2.Cc1c(Cl)ccc2cc(C(=O)C[C@@H]3C4CCN(CC4)C3(C)C)sc12.Cl.FC(F)(F)c1c(Cl)ccc2ccsc12.O=C=O. The molecule has 14 heteroatoms. The summed E-state index contributed by atoms with van der Waals surface area (Å²) in [6, 6.07) is 10.9. The lowest BCUT2D eigenvalue weighted by Crippen LogP contribution is -2.67. The molecule has 10 rings (SSSR count). The normalized spacial score (nSPS) is 26.2. The Bertz CT molecular complexity index is 1920. The standard InChI is InChI=1S/C20H24ClNOS.C9H4ClF3S.C9H18N2.CO2.ClH/c1-12-16(21)5-4-14-10-18(24-19(12)14)17(23)11-15-13-6-8-22(9-7-13)20(15,2)3;10-6-2-1-5-3-4-14-8(5)7(6)9(11,12)13;1-9(2)8(10)7-3-5-11(9)6-4-7;2-1-3;/h4-5,10,13,15H,6-9,11H2,1-3H3;1-4H;7-8H,3-6,10H2,1-2H3;;1H/t15-;;8-;;/m1.1../s1. The fourth-order valence-electron chi connectivity index (χ4n) is 8.66. The number of hydrogen-bond donors (Lipinski definition) is 1. The second-order valence-corrected chi connectivity index (χ2v) is 18.0. The van der Waals surface area contributed by atoms with E-state index in [2.05, 4.69) is 43.6 Å². The highest BCUT2D eigenvalue weighted by Crippen LogP contribution is 2.46. The number of halogens is 6. The molecule has 0 spiro atoms. The third-order valence-electron chi connectivity index (χ3n) is 11.9. The van der Waals surface area contributed by atoms with Crippen LogP contribution in [0.5, 0.6) is 0 Å². The molecule has 6 aliphatic heterocycles. The van der Waals surface area contributed by atoms with Gasteiger partial charge in [-0.2, -0.15) is 22.8 Å². The number of benzene rings is 2. The van der Waals surface area contributed by atoms with Gasteiger partial charge in [0.15, 0.2) is 5.78 Å². The Balaban J connectivity index is 0.000000184. The number of fused-ring (bicyclic) bond motifs is 8. The minimum Gasteiger partial charge on any atom is -0.326 e. The fourth-order valence-corrected chi connectivity index (χ4v) is 11.3. The molecule has 2 aromatic heterocycles. The number of aryl methyl sites for hydroxylation is 1. The average molecular weight is 833 g/mol. The van der Waals surface area contributed by atoms with Gasteiger partial charge in [-0.3, -0.25) is 14.6 Å². The quantitative estimate of drug-likeness (QED) is 0.207. The molecule has 2 aromatic carbocycles. The van der Waals surface area contributed by atoms with Crippen LogP contribution in [0.3, 0.4) is 0 Å². The molecule has 0 aliphatic carbocycles. The second-order valence-electron chi connectivity index (χ2n) is 15.3. The van der Waals surface area contributed by atoms with Gasteiger partial charge in [0, 0.05) is 38.0 Å². The summed E-state index contributed by atoms with van der Waals surface area (Å²) in [7, 11) is 0. The number of ketones is 1. The number of rotatable bonds is 3. The molecule has 0 saturated carbocycles. The molecule has 4 bridgehead atoms. The topological polar surface area (TPSA) is 83.7 Å².